The van der Waals surface area contributed by atoms with Crippen molar-refractivity contribution in [1.82, 2.24) is 14.7 Å². The Morgan fingerprint density at radius 3 is 2.31 bits per heavy atom. The summed E-state index contributed by atoms with van der Waals surface area (Å²) in [6.45, 7) is 3.64. The van der Waals surface area contributed by atoms with Gasteiger partial charge in [0.2, 0.25) is 5.91 Å². The first-order valence-corrected chi connectivity index (χ1v) is 11.0. The standard InChI is InChI=1S/C23H27N3O6/c1-14-9-11-24(13-14)18(23(31)32-2)10-12-25-19(27)8-7-17(22(25)30)26-20(28)15-5-3-4-6-16(15)21(26)29/h3-6,14,17-18H,7-13H2,1-2H3/t14?,17-,18?/m0/s1. The molecule has 9 nitrogen and oxygen atoms in total. The Balaban J connectivity index is 1.49. The summed E-state index contributed by atoms with van der Waals surface area (Å²) in [7, 11) is 1.32. The Labute approximate surface area is 186 Å². The smallest absolute Gasteiger partial charge is 0.323 e. The number of likely N-dealkylation sites (tertiary alicyclic amines) is 2. The second-order valence-corrected chi connectivity index (χ2v) is 8.68. The Hall–Kier alpha value is -3.07. The van der Waals surface area contributed by atoms with Crippen molar-refractivity contribution in [1.29, 1.82) is 0 Å². The van der Waals surface area contributed by atoms with Gasteiger partial charge in [0.15, 0.2) is 0 Å². The number of carbonyl (C=O) groups excluding carboxylic acids is 5. The molecule has 2 fully saturated rings. The fraction of sp³-hybridized carbons (Fsp3) is 0.522. The van der Waals surface area contributed by atoms with Crippen LogP contribution in [0.3, 0.4) is 0 Å². The molecule has 3 aliphatic rings. The predicted molar refractivity (Wildman–Crippen MR) is 112 cm³/mol. The van der Waals surface area contributed by atoms with Gasteiger partial charge < -0.3 is 4.74 Å². The van der Waals surface area contributed by atoms with Crippen LogP contribution in [0.5, 0.6) is 0 Å². The molecule has 2 saturated heterocycles. The molecule has 4 amide bonds. The van der Waals surface area contributed by atoms with Gasteiger partial charge in [0.05, 0.1) is 18.2 Å². The van der Waals surface area contributed by atoms with Crippen LogP contribution in [0.4, 0.5) is 0 Å². The van der Waals surface area contributed by atoms with E-state index in [1.807, 2.05) is 4.90 Å². The molecule has 32 heavy (non-hydrogen) atoms. The Morgan fingerprint density at radius 1 is 1.09 bits per heavy atom. The molecule has 0 aromatic heterocycles. The fourth-order valence-electron chi connectivity index (χ4n) is 4.88. The molecule has 170 valence electrons. The lowest BCUT2D eigenvalue weighted by Crippen LogP contribution is -2.57. The molecule has 3 atom stereocenters. The van der Waals surface area contributed by atoms with Crippen molar-refractivity contribution in [2.45, 2.75) is 44.7 Å². The van der Waals surface area contributed by atoms with Crippen molar-refractivity contribution in [2.75, 3.05) is 26.7 Å². The Morgan fingerprint density at radius 2 is 1.75 bits per heavy atom. The quantitative estimate of drug-likeness (QED) is 0.480. The molecule has 9 heteroatoms. The average Bonchev–Trinajstić information content (AvgIpc) is 3.32. The lowest BCUT2D eigenvalue weighted by molar-refractivity contribution is -0.154. The van der Waals surface area contributed by atoms with E-state index < -0.39 is 35.8 Å². The van der Waals surface area contributed by atoms with E-state index >= 15 is 0 Å². The third-order valence-corrected chi connectivity index (χ3v) is 6.62. The van der Waals surface area contributed by atoms with Gasteiger partial charge in [0.25, 0.3) is 17.7 Å². The summed E-state index contributed by atoms with van der Waals surface area (Å²) in [4.78, 5) is 67.9. The van der Waals surface area contributed by atoms with Gasteiger partial charge in [-0.05, 0) is 43.9 Å². The number of esters is 1. The van der Waals surface area contributed by atoms with Gasteiger partial charge in [-0.2, -0.15) is 0 Å². The molecule has 2 unspecified atom stereocenters. The van der Waals surface area contributed by atoms with Crippen LogP contribution in [0.1, 0.15) is 53.3 Å². The number of amides is 4. The highest BCUT2D eigenvalue weighted by molar-refractivity contribution is 6.23. The van der Waals surface area contributed by atoms with Gasteiger partial charge in [-0.1, -0.05) is 19.1 Å². The van der Waals surface area contributed by atoms with Crippen LogP contribution in [0, 0.1) is 5.92 Å². The normalized spacial score (nSPS) is 24.8. The number of hydrogen-bond acceptors (Lipinski definition) is 7. The summed E-state index contributed by atoms with van der Waals surface area (Å²) in [5.41, 5.74) is 0.533. The van der Waals surface area contributed by atoms with E-state index in [-0.39, 0.29) is 42.8 Å². The fourth-order valence-corrected chi connectivity index (χ4v) is 4.88. The van der Waals surface area contributed by atoms with Gasteiger partial charge >= 0.3 is 5.97 Å². The zero-order chi connectivity index (χ0) is 23.0. The zero-order valence-electron chi connectivity index (χ0n) is 18.3. The number of benzene rings is 1. The van der Waals surface area contributed by atoms with Crippen molar-refractivity contribution in [3.63, 3.8) is 0 Å². The maximum Gasteiger partial charge on any atom is 0.323 e. The molecule has 0 aliphatic carbocycles. The molecule has 3 heterocycles. The lowest BCUT2D eigenvalue weighted by atomic mass is 10.0. The van der Waals surface area contributed by atoms with E-state index in [1.165, 1.54) is 7.11 Å². The molecule has 4 rings (SSSR count). The van der Waals surface area contributed by atoms with Gasteiger partial charge in [0.1, 0.15) is 12.1 Å². The minimum absolute atomic E-state index is 0.0297. The molecule has 0 N–H and O–H groups in total. The minimum Gasteiger partial charge on any atom is -0.468 e. The number of nitrogens with zero attached hydrogens (tertiary/aromatic N) is 3. The first-order valence-electron chi connectivity index (χ1n) is 11.0. The van der Waals surface area contributed by atoms with Crippen molar-refractivity contribution >= 4 is 29.6 Å². The minimum atomic E-state index is -1.02. The Kier molecular flexibility index (Phi) is 6.10. The summed E-state index contributed by atoms with van der Waals surface area (Å²) >= 11 is 0. The number of rotatable bonds is 6. The topological polar surface area (TPSA) is 104 Å². The van der Waals surface area contributed by atoms with E-state index in [4.69, 9.17) is 4.74 Å². The average molecular weight is 441 g/mol. The maximum atomic E-state index is 13.2. The Bertz CT molecular complexity index is 941. The number of hydrogen-bond donors (Lipinski definition) is 0. The van der Waals surface area contributed by atoms with E-state index in [1.54, 1.807) is 24.3 Å². The van der Waals surface area contributed by atoms with Crippen LogP contribution in [-0.2, 0) is 19.1 Å². The summed E-state index contributed by atoms with van der Waals surface area (Å²) in [5.74, 6) is -1.91. The SMILES string of the molecule is COC(=O)C(CCN1C(=O)CC[C@H](N2C(=O)c3ccccc3C2=O)C1=O)N1CCC(C)C1. The van der Waals surface area contributed by atoms with Crippen molar-refractivity contribution in [3.8, 4) is 0 Å². The number of carbonyl (C=O) groups is 5. The number of ether oxygens (including phenoxy) is 1. The molecule has 3 aliphatic heterocycles. The van der Waals surface area contributed by atoms with Crippen LogP contribution < -0.4 is 0 Å². The van der Waals surface area contributed by atoms with Crippen LogP contribution in [0.25, 0.3) is 0 Å². The van der Waals surface area contributed by atoms with E-state index in [0.717, 1.165) is 29.3 Å². The third kappa shape index (κ3) is 3.81. The van der Waals surface area contributed by atoms with Gasteiger partial charge in [0, 0.05) is 19.5 Å². The molecule has 0 bridgehead atoms. The zero-order valence-corrected chi connectivity index (χ0v) is 18.3. The van der Waals surface area contributed by atoms with Crippen LogP contribution in [0.15, 0.2) is 24.3 Å². The highest BCUT2D eigenvalue weighted by Crippen LogP contribution is 2.29. The highest BCUT2D eigenvalue weighted by atomic mass is 16.5. The summed E-state index contributed by atoms with van der Waals surface area (Å²) in [6.07, 6.45) is 1.36. The molecule has 1 aromatic carbocycles. The lowest BCUT2D eigenvalue weighted by Gasteiger charge is -2.35. The third-order valence-electron chi connectivity index (χ3n) is 6.62. The first kappa shape index (κ1) is 22.1. The van der Waals surface area contributed by atoms with Gasteiger partial charge in [-0.25, -0.2) is 0 Å². The molecule has 0 radical (unpaired) electrons. The second-order valence-electron chi connectivity index (χ2n) is 8.68. The van der Waals surface area contributed by atoms with Crippen molar-refractivity contribution < 1.29 is 28.7 Å². The first-order chi connectivity index (χ1) is 15.3. The molecule has 0 spiro atoms. The maximum absolute atomic E-state index is 13.2. The number of piperidine rings is 1. The molecular formula is C23H27N3O6. The summed E-state index contributed by atoms with van der Waals surface area (Å²) in [6, 6.07) is 4.87. The molecular weight excluding hydrogens is 414 g/mol. The monoisotopic (exact) mass is 441 g/mol. The summed E-state index contributed by atoms with van der Waals surface area (Å²) in [5, 5.41) is 0. The number of fused-ring (bicyclic) bond motifs is 1. The van der Waals surface area contributed by atoms with E-state index in [0.29, 0.717) is 5.92 Å². The predicted octanol–water partition coefficient (Wildman–Crippen LogP) is 1.07. The van der Waals surface area contributed by atoms with Crippen molar-refractivity contribution in [2.24, 2.45) is 5.92 Å². The second kappa shape index (κ2) is 8.82. The number of methoxy groups -OCH3 is 1. The highest BCUT2D eigenvalue weighted by Gasteiger charge is 2.47. The molecule has 0 saturated carbocycles. The van der Waals surface area contributed by atoms with Crippen molar-refractivity contribution in [3.05, 3.63) is 35.4 Å². The van der Waals surface area contributed by atoms with Crippen LogP contribution in [-0.4, -0.2) is 83.1 Å². The van der Waals surface area contributed by atoms with Crippen LogP contribution in [0.2, 0.25) is 0 Å². The van der Waals surface area contributed by atoms with Gasteiger partial charge in [-0.15, -0.1) is 0 Å². The van der Waals surface area contributed by atoms with Gasteiger partial charge in [-0.3, -0.25) is 38.7 Å². The molecule has 1 aromatic rings. The van der Waals surface area contributed by atoms with Crippen LogP contribution >= 0.6 is 0 Å². The van der Waals surface area contributed by atoms with E-state index in [2.05, 4.69) is 6.92 Å². The number of imide groups is 2. The largest absolute Gasteiger partial charge is 0.468 e. The summed E-state index contributed by atoms with van der Waals surface area (Å²) < 4.78 is 4.95. The van der Waals surface area contributed by atoms with E-state index in [9.17, 15) is 24.0 Å².